The Morgan fingerprint density at radius 2 is 2.00 bits per heavy atom. The van der Waals surface area contributed by atoms with Gasteiger partial charge in [-0.1, -0.05) is 19.8 Å². The number of anilines is 1. The van der Waals surface area contributed by atoms with Gasteiger partial charge in [0.05, 0.1) is 6.04 Å². The molecular formula is C15H21N5. The van der Waals surface area contributed by atoms with E-state index in [0.717, 1.165) is 29.1 Å². The summed E-state index contributed by atoms with van der Waals surface area (Å²) in [6, 6.07) is 6.39. The van der Waals surface area contributed by atoms with Crippen LogP contribution < -0.4 is 5.73 Å². The molecular weight excluding hydrogens is 250 g/mol. The third-order valence-electron chi connectivity index (χ3n) is 4.23. The van der Waals surface area contributed by atoms with Crippen molar-refractivity contribution in [2.45, 2.75) is 45.6 Å². The van der Waals surface area contributed by atoms with Gasteiger partial charge in [-0.3, -0.25) is 0 Å². The number of nitrogens with two attached hydrogens (primary N) is 1. The van der Waals surface area contributed by atoms with Crippen LogP contribution in [-0.2, 0) is 0 Å². The van der Waals surface area contributed by atoms with E-state index in [9.17, 15) is 0 Å². The zero-order valence-corrected chi connectivity index (χ0v) is 12.1. The third kappa shape index (κ3) is 2.40. The molecule has 20 heavy (non-hydrogen) atoms. The fourth-order valence-corrected chi connectivity index (χ4v) is 3.21. The van der Waals surface area contributed by atoms with Crippen LogP contribution in [0.5, 0.6) is 0 Å². The first-order chi connectivity index (χ1) is 9.65. The summed E-state index contributed by atoms with van der Waals surface area (Å²) in [5.74, 6) is 1.45. The van der Waals surface area contributed by atoms with Gasteiger partial charge in [0.15, 0.2) is 5.82 Å². The molecule has 1 fully saturated rings. The van der Waals surface area contributed by atoms with E-state index in [-0.39, 0.29) is 0 Å². The highest BCUT2D eigenvalue weighted by Gasteiger charge is 2.26. The summed E-state index contributed by atoms with van der Waals surface area (Å²) in [6.45, 7) is 4.33. The molecule has 1 heterocycles. The van der Waals surface area contributed by atoms with Gasteiger partial charge < -0.3 is 5.73 Å². The number of rotatable bonds is 2. The van der Waals surface area contributed by atoms with Gasteiger partial charge in [-0.15, -0.1) is 5.10 Å². The second-order valence-corrected chi connectivity index (χ2v) is 5.91. The highest BCUT2D eigenvalue weighted by Crippen LogP contribution is 2.35. The summed E-state index contributed by atoms with van der Waals surface area (Å²) in [5.41, 5.74) is 8.83. The lowest BCUT2D eigenvalue weighted by molar-refractivity contribution is 0.239. The van der Waals surface area contributed by atoms with Crippen molar-refractivity contribution in [2.24, 2.45) is 5.92 Å². The minimum absolute atomic E-state index is 0.399. The molecule has 1 aromatic heterocycles. The number of nitrogen functional groups attached to an aromatic ring is 1. The molecule has 5 nitrogen and oxygen atoms in total. The van der Waals surface area contributed by atoms with Crippen LogP contribution in [0.3, 0.4) is 0 Å². The molecule has 5 heteroatoms. The molecule has 1 saturated carbocycles. The van der Waals surface area contributed by atoms with E-state index in [0.29, 0.717) is 12.0 Å². The van der Waals surface area contributed by atoms with Crippen molar-refractivity contribution < 1.29 is 0 Å². The molecule has 0 amide bonds. The van der Waals surface area contributed by atoms with Crippen LogP contribution in [0.25, 0.3) is 11.4 Å². The summed E-state index contributed by atoms with van der Waals surface area (Å²) < 4.78 is 2.00. The van der Waals surface area contributed by atoms with Crippen molar-refractivity contribution in [1.82, 2.24) is 20.2 Å². The van der Waals surface area contributed by atoms with Gasteiger partial charge in [0.2, 0.25) is 0 Å². The molecule has 106 valence electrons. The first-order valence-corrected chi connectivity index (χ1v) is 7.30. The molecule has 2 unspecified atom stereocenters. The molecule has 2 aromatic rings. The zero-order valence-electron chi connectivity index (χ0n) is 12.1. The Labute approximate surface area is 119 Å². The number of benzene rings is 1. The molecule has 2 atom stereocenters. The molecule has 2 N–H and O–H groups in total. The maximum Gasteiger partial charge on any atom is 0.182 e. The predicted octanol–water partition coefficient (Wildman–Crippen LogP) is 2.98. The lowest BCUT2D eigenvalue weighted by Crippen LogP contribution is -2.23. The average Bonchev–Trinajstić information content (AvgIpc) is 2.87. The number of hydrogen-bond donors (Lipinski definition) is 1. The molecule has 1 aliphatic carbocycles. The zero-order chi connectivity index (χ0) is 14.1. The van der Waals surface area contributed by atoms with Crippen LogP contribution >= 0.6 is 0 Å². The second-order valence-electron chi connectivity index (χ2n) is 5.91. The standard InChI is InChI=1S/C15H21N5/c1-10-7-12(9-13(16)8-10)15-17-18-19-20(15)14-6-4-3-5-11(14)2/h7-9,11,14H,3-6,16H2,1-2H3. The quantitative estimate of drug-likeness (QED) is 0.852. The highest BCUT2D eigenvalue weighted by atomic mass is 15.5. The van der Waals surface area contributed by atoms with Gasteiger partial charge in [0.25, 0.3) is 0 Å². The lowest BCUT2D eigenvalue weighted by atomic mass is 9.86. The minimum Gasteiger partial charge on any atom is -0.399 e. The normalized spacial score (nSPS) is 22.9. The van der Waals surface area contributed by atoms with Gasteiger partial charge in [0, 0.05) is 11.3 Å². The molecule has 3 rings (SSSR count). The summed E-state index contributed by atoms with van der Waals surface area (Å²) in [5, 5.41) is 12.4. The van der Waals surface area contributed by atoms with Crippen molar-refractivity contribution in [3.8, 4) is 11.4 Å². The molecule has 0 bridgehead atoms. The Morgan fingerprint density at radius 1 is 1.20 bits per heavy atom. The Balaban J connectivity index is 2.01. The molecule has 0 radical (unpaired) electrons. The van der Waals surface area contributed by atoms with Gasteiger partial charge in [-0.25, -0.2) is 4.68 Å². The van der Waals surface area contributed by atoms with Crippen molar-refractivity contribution in [2.75, 3.05) is 5.73 Å². The van der Waals surface area contributed by atoms with Crippen molar-refractivity contribution in [1.29, 1.82) is 0 Å². The third-order valence-corrected chi connectivity index (χ3v) is 4.23. The number of hydrogen-bond acceptors (Lipinski definition) is 4. The summed E-state index contributed by atoms with van der Waals surface area (Å²) in [6.07, 6.45) is 4.97. The Morgan fingerprint density at radius 3 is 2.75 bits per heavy atom. The largest absolute Gasteiger partial charge is 0.399 e. The van der Waals surface area contributed by atoms with Crippen molar-refractivity contribution in [3.63, 3.8) is 0 Å². The summed E-state index contributed by atoms with van der Waals surface area (Å²) in [4.78, 5) is 0. The Hall–Kier alpha value is -1.91. The maximum atomic E-state index is 5.94. The summed E-state index contributed by atoms with van der Waals surface area (Å²) >= 11 is 0. The fraction of sp³-hybridized carbons (Fsp3) is 0.533. The fourth-order valence-electron chi connectivity index (χ4n) is 3.21. The van der Waals surface area contributed by atoms with Gasteiger partial charge in [0.1, 0.15) is 0 Å². The van der Waals surface area contributed by atoms with E-state index in [4.69, 9.17) is 5.73 Å². The van der Waals surface area contributed by atoms with Crippen LogP contribution in [0, 0.1) is 12.8 Å². The average molecular weight is 271 g/mol. The van der Waals surface area contributed by atoms with Gasteiger partial charge in [-0.05, 0) is 59.9 Å². The Kier molecular flexibility index (Phi) is 3.42. The minimum atomic E-state index is 0.399. The molecule has 1 aliphatic rings. The molecule has 0 saturated heterocycles. The topological polar surface area (TPSA) is 69.6 Å². The number of nitrogens with zero attached hydrogens (tertiary/aromatic N) is 4. The van der Waals surface area contributed by atoms with Crippen molar-refractivity contribution in [3.05, 3.63) is 23.8 Å². The SMILES string of the molecule is Cc1cc(N)cc(-c2nnnn2C2CCCCC2C)c1. The van der Waals surface area contributed by atoms with E-state index in [2.05, 4.69) is 28.5 Å². The maximum absolute atomic E-state index is 5.94. The number of aryl methyl sites for hydroxylation is 1. The van der Waals surface area contributed by atoms with E-state index >= 15 is 0 Å². The number of aromatic nitrogens is 4. The molecule has 1 aromatic carbocycles. The lowest BCUT2D eigenvalue weighted by Gasteiger charge is -2.29. The van der Waals surface area contributed by atoms with E-state index < -0.39 is 0 Å². The van der Waals surface area contributed by atoms with Crippen LogP contribution in [0.1, 0.15) is 44.2 Å². The van der Waals surface area contributed by atoms with Gasteiger partial charge in [-0.2, -0.15) is 0 Å². The second kappa shape index (κ2) is 5.23. The van der Waals surface area contributed by atoms with Gasteiger partial charge >= 0.3 is 0 Å². The molecule has 0 aliphatic heterocycles. The number of tetrazole rings is 1. The van der Waals surface area contributed by atoms with Crippen molar-refractivity contribution >= 4 is 5.69 Å². The van der Waals surface area contributed by atoms with Crippen LogP contribution in [0.4, 0.5) is 5.69 Å². The Bertz CT molecular complexity index is 584. The van der Waals surface area contributed by atoms with E-state index in [1.165, 1.54) is 19.3 Å². The van der Waals surface area contributed by atoms with Crippen LogP contribution in [-0.4, -0.2) is 20.2 Å². The van der Waals surface area contributed by atoms with E-state index in [1.54, 1.807) is 0 Å². The first-order valence-electron chi connectivity index (χ1n) is 7.30. The first kappa shape index (κ1) is 13.1. The predicted molar refractivity (Wildman–Crippen MR) is 79.1 cm³/mol. The van der Waals surface area contributed by atoms with Crippen LogP contribution in [0.15, 0.2) is 18.2 Å². The highest BCUT2D eigenvalue weighted by molar-refractivity contribution is 5.62. The molecule has 0 spiro atoms. The monoisotopic (exact) mass is 271 g/mol. The van der Waals surface area contributed by atoms with E-state index in [1.807, 2.05) is 23.7 Å². The van der Waals surface area contributed by atoms with Crippen LogP contribution in [0.2, 0.25) is 0 Å². The summed E-state index contributed by atoms with van der Waals surface area (Å²) in [7, 11) is 0. The smallest absolute Gasteiger partial charge is 0.182 e.